The number of aliphatic hydroxyl groups excluding tert-OH is 1. The van der Waals surface area contributed by atoms with Gasteiger partial charge < -0.3 is 74.9 Å². The highest BCUT2D eigenvalue weighted by atomic mass is 28.4. The number of allylic oxidation sites excluding steroid dienone is 12. The summed E-state index contributed by atoms with van der Waals surface area (Å²) in [6.07, 6.45) is 37.4. The maximum atomic E-state index is 13.1. The Morgan fingerprint density at radius 2 is 0.804 bits per heavy atom. The summed E-state index contributed by atoms with van der Waals surface area (Å²) in [6.45, 7) is 21.0. The highest BCUT2D eigenvalue weighted by Gasteiger charge is 2.55. The van der Waals surface area contributed by atoms with Crippen LogP contribution in [0, 0.1) is 74.4 Å². The predicted octanol–water partition coefficient (Wildman–Crippen LogP) is 11.0. The molecule has 24 nitrogen and oxygen atoms in total. The average molecular weight is 1470 g/mol. The molecule has 9 aliphatic carbocycles. The van der Waals surface area contributed by atoms with E-state index in [2.05, 4.69) is 105 Å². The molecule has 570 valence electrons. The van der Waals surface area contributed by atoms with Crippen molar-refractivity contribution in [1.29, 1.82) is 0 Å². The Labute approximate surface area is 606 Å². The van der Waals surface area contributed by atoms with Crippen LogP contribution in [-0.2, 0) is 98.0 Å². The summed E-state index contributed by atoms with van der Waals surface area (Å²) in [5.41, 5.74) is -2.99. The number of nitrogens with one attached hydrogen (secondary N) is 1. The van der Waals surface area contributed by atoms with Crippen molar-refractivity contribution in [3.05, 3.63) is 111 Å². The Bertz CT molecular complexity index is 2830. The first-order valence-corrected chi connectivity index (χ1v) is 39.5. The normalized spacial score (nSPS) is 27.8. The van der Waals surface area contributed by atoms with Crippen LogP contribution in [0.25, 0.3) is 0 Å². The van der Waals surface area contributed by atoms with Gasteiger partial charge in [0.05, 0.1) is 27.1 Å². The van der Waals surface area contributed by atoms with Crippen molar-refractivity contribution < 1.29 is 108 Å². The van der Waals surface area contributed by atoms with Crippen LogP contribution in [0.4, 0.5) is 4.79 Å². The number of fused-ring (bicyclic) bond motifs is 8. The van der Waals surface area contributed by atoms with Crippen LogP contribution in [0.5, 0.6) is 0 Å². The largest absolute Gasteiger partial charge is 0.500 e. The fourth-order valence-electron chi connectivity index (χ4n) is 14.7. The lowest BCUT2D eigenvalue weighted by Crippen LogP contribution is -2.43. The monoisotopic (exact) mass is 1470 g/mol. The summed E-state index contributed by atoms with van der Waals surface area (Å²) in [6, 6.07) is 1.42. The Morgan fingerprint density at radius 3 is 1.05 bits per heavy atom. The van der Waals surface area contributed by atoms with Crippen LogP contribution in [0.3, 0.4) is 0 Å². The van der Waals surface area contributed by atoms with Gasteiger partial charge in [0.15, 0.2) is 6.10 Å². The molecule has 26 heteroatoms. The second kappa shape index (κ2) is 40.6. The van der Waals surface area contributed by atoms with Gasteiger partial charge in [-0.15, -0.1) is 0 Å². The van der Waals surface area contributed by atoms with E-state index >= 15 is 0 Å². The highest BCUT2D eigenvalue weighted by molar-refractivity contribution is 6.60. The first-order valence-electron chi connectivity index (χ1n) is 35.6. The van der Waals surface area contributed by atoms with Crippen LogP contribution in [0.15, 0.2) is 111 Å². The number of carbonyl (C=O) groups excluding carboxylic acids is 8. The van der Waals surface area contributed by atoms with Gasteiger partial charge in [0, 0.05) is 79.5 Å². The molecular formula is C76H115NO23Si2. The zero-order valence-electron chi connectivity index (χ0n) is 62.2. The number of alkyl carbamates (subject to hydrolysis) is 1. The first kappa shape index (κ1) is 86.0. The maximum Gasteiger partial charge on any atom is 0.500 e. The molecule has 0 heterocycles. The second-order valence-electron chi connectivity index (χ2n) is 28.6. The molecule has 4 fully saturated rings. The number of hydrogen-bond acceptors (Lipinski definition) is 23. The quantitative estimate of drug-likeness (QED) is 0.0147. The summed E-state index contributed by atoms with van der Waals surface area (Å²) in [5, 5.41) is 12.8. The minimum absolute atomic E-state index is 0.0802. The van der Waals surface area contributed by atoms with E-state index in [0.717, 1.165) is 94.9 Å². The molecule has 0 radical (unpaired) electrons. The molecule has 0 spiro atoms. The van der Waals surface area contributed by atoms with E-state index in [9.17, 15) is 43.5 Å². The van der Waals surface area contributed by atoms with Gasteiger partial charge in [-0.3, -0.25) is 19.2 Å². The SMILES string of the molecule is C1=CCC=C1.C=CC(=O)OCC(CC)(COC(=O)C=C)COC(=O)C=C.CC1(C(=O)OCC(O)COC(=O)C2(C)CC3C=CC2C3)CC2C=CC1C2.CCCC[Si](OC)(OC)OC.CO[Si](CCCNC(=O)OC(COC(=O)C1(C)CC2C=CC1C2)COC(=O)C1(C)CC2C=CC1C2)(OC)OC. The van der Waals surface area contributed by atoms with Gasteiger partial charge in [0.25, 0.3) is 0 Å². The van der Waals surface area contributed by atoms with Crippen molar-refractivity contribution in [2.45, 2.75) is 149 Å². The number of amides is 1. The predicted molar refractivity (Wildman–Crippen MR) is 384 cm³/mol. The van der Waals surface area contributed by atoms with E-state index in [1.165, 1.54) is 21.3 Å². The molecule has 1 amide bonds. The molecule has 0 aliphatic heterocycles. The Morgan fingerprint density at radius 1 is 0.490 bits per heavy atom. The third-order valence-electron chi connectivity index (χ3n) is 21.6. The summed E-state index contributed by atoms with van der Waals surface area (Å²) in [5.74, 6) is -0.454. The van der Waals surface area contributed by atoms with Crippen molar-refractivity contribution in [2.24, 2.45) is 74.4 Å². The fraction of sp³-hybridized carbons (Fsp3) is 0.658. The molecular weight excluding hydrogens is 1350 g/mol. The van der Waals surface area contributed by atoms with E-state index in [0.29, 0.717) is 49.1 Å². The van der Waals surface area contributed by atoms with Gasteiger partial charge in [-0.2, -0.15) is 0 Å². The number of ether oxygens (including phenoxy) is 8. The molecule has 9 rings (SSSR count). The Hall–Kier alpha value is -6.63. The van der Waals surface area contributed by atoms with Crippen LogP contribution < -0.4 is 5.32 Å². The summed E-state index contributed by atoms with van der Waals surface area (Å²) in [4.78, 5) is 97.2. The zero-order valence-corrected chi connectivity index (χ0v) is 64.2. The van der Waals surface area contributed by atoms with E-state index in [1.54, 1.807) is 28.3 Å². The molecule has 12 unspecified atom stereocenters. The first-order chi connectivity index (χ1) is 48.5. The Balaban J connectivity index is 0.000000257. The topological polar surface area (TPSA) is 298 Å². The summed E-state index contributed by atoms with van der Waals surface area (Å²) in [7, 11) is 4.57. The van der Waals surface area contributed by atoms with Crippen molar-refractivity contribution >= 4 is 65.5 Å². The summed E-state index contributed by atoms with van der Waals surface area (Å²) >= 11 is 0. The number of esters is 7. The van der Waals surface area contributed by atoms with Crippen molar-refractivity contribution in [3.63, 3.8) is 0 Å². The standard InChI is InChI=1S/C28H43NO9Si.C21H28O5.C15H20O6.C7H18O3Si.C5H6/c1-27(15-19-7-9-21(27)13-19)24(30)36-17-23(18-37-25(31)28(2)16-20-8-10-22(28)14-20)38-26(32)29-11-6-12-39(33-3,34-4)35-5;1-20(9-13-3-5-15(20)7-13)18(23)25-11-17(22)12-26-19(24)21(2)10-14-4-6-16(21)8-14;1-5-12(16)19-9-15(8-4,10-20-13(17)6-2)11-21-14(18)7-3;1-5-6-7-11(8-2,9-3)10-4;1-2-4-5-3-1/h7-10,19-23H,6,11-18H2,1-5H3,(H,29,32);3-6,13-17,22H,7-12H2,1-2H3;5-7H,1-3,8-11H2,4H3;5-7H2,1-4H3;1-4H,5H2. The molecule has 0 aromatic carbocycles. The van der Waals surface area contributed by atoms with Crippen LogP contribution in [0.2, 0.25) is 12.1 Å². The molecule has 8 bridgehead atoms. The molecule has 0 aromatic heterocycles. The lowest BCUT2D eigenvalue weighted by molar-refractivity contribution is -0.167. The molecule has 4 saturated carbocycles. The number of carbonyl (C=O) groups is 8. The Kier molecular flexibility index (Phi) is 34.2. The fourth-order valence-corrected chi connectivity index (χ4v) is 18.3. The number of unbranched alkanes of at least 4 members (excludes halogenated alkanes) is 1. The van der Waals surface area contributed by atoms with Gasteiger partial charge in [0.1, 0.15) is 52.4 Å². The van der Waals surface area contributed by atoms with E-state index in [1.807, 2.05) is 27.7 Å². The minimum Gasteiger partial charge on any atom is -0.462 e. The van der Waals surface area contributed by atoms with Crippen molar-refractivity contribution in [3.8, 4) is 0 Å². The van der Waals surface area contributed by atoms with Gasteiger partial charge in [-0.05, 0) is 152 Å². The van der Waals surface area contributed by atoms with Crippen molar-refractivity contribution in [1.82, 2.24) is 5.32 Å². The molecule has 102 heavy (non-hydrogen) atoms. The van der Waals surface area contributed by atoms with E-state index in [4.69, 9.17) is 64.5 Å². The van der Waals surface area contributed by atoms with Crippen LogP contribution in [-0.4, -0.2) is 178 Å². The van der Waals surface area contributed by atoms with E-state index < -0.39 is 80.9 Å². The van der Waals surface area contributed by atoms with Crippen LogP contribution >= 0.6 is 0 Å². The van der Waals surface area contributed by atoms with E-state index in [-0.39, 0.29) is 93.8 Å². The molecule has 0 saturated heterocycles. The third-order valence-corrected chi connectivity index (χ3v) is 27.2. The number of aliphatic hydroxyl groups is 1. The maximum absolute atomic E-state index is 13.1. The van der Waals surface area contributed by atoms with Gasteiger partial charge in [0.2, 0.25) is 0 Å². The summed E-state index contributed by atoms with van der Waals surface area (Å²) < 4.78 is 74.5. The second-order valence-corrected chi connectivity index (χ2v) is 34.8. The highest BCUT2D eigenvalue weighted by Crippen LogP contribution is 2.55. The molecule has 0 aromatic rings. The van der Waals surface area contributed by atoms with Gasteiger partial charge >= 0.3 is 65.5 Å². The van der Waals surface area contributed by atoms with Gasteiger partial charge in [-0.1, -0.05) is 113 Å². The molecule has 2 N–H and O–H groups in total. The van der Waals surface area contributed by atoms with Gasteiger partial charge in [-0.25, -0.2) is 19.2 Å². The zero-order chi connectivity index (χ0) is 75.4. The lowest BCUT2D eigenvalue weighted by Gasteiger charge is -2.31. The molecule has 12 atom stereocenters. The number of hydrogen-bond donors (Lipinski definition) is 2. The smallest absolute Gasteiger partial charge is 0.462 e. The van der Waals surface area contributed by atoms with Crippen molar-refractivity contribution in [2.75, 3.05) is 95.5 Å². The third kappa shape index (κ3) is 23.4. The average Bonchev–Trinajstić information content (AvgIpc) is 1.64. The van der Waals surface area contributed by atoms with Crippen LogP contribution in [0.1, 0.15) is 125 Å². The molecule has 9 aliphatic rings. The minimum atomic E-state index is -2.74. The lowest BCUT2D eigenvalue weighted by atomic mass is 9.78. The number of rotatable bonds is 36.